The van der Waals surface area contributed by atoms with E-state index < -0.39 is 10.0 Å². The molecule has 0 bridgehead atoms. The molecule has 0 unspecified atom stereocenters. The molecule has 150 valence electrons. The Hall–Kier alpha value is -2.64. The lowest BCUT2D eigenvalue weighted by Gasteiger charge is -2.23. The van der Waals surface area contributed by atoms with Crippen molar-refractivity contribution in [3.05, 3.63) is 82.0 Å². The number of hydrogen-bond donors (Lipinski definition) is 1. The van der Waals surface area contributed by atoms with Gasteiger partial charge in [0, 0.05) is 6.54 Å². The maximum atomic E-state index is 13.1. The number of nitrogens with zero attached hydrogens (tertiary/aromatic N) is 1. The number of benzene rings is 2. The van der Waals surface area contributed by atoms with Crippen LogP contribution in [-0.4, -0.2) is 20.9 Å². The Kier molecular flexibility index (Phi) is 5.43. The summed E-state index contributed by atoms with van der Waals surface area (Å²) in [6.45, 7) is 2.01. The lowest BCUT2D eigenvalue weighted by molar-refractivity contribution is 0.0941. The third-order valence-corrected chi connectivity index (χ3v) is 7.98. The Bertz CT molecular complexity index is 1120. The lowest BCUT2D eigenvalue weighted by atomic mass is 10.1. The molecule has 3 aromatic rings. The molecular formula is C22H22N2O3S2. The molecule has 7 heteroatoms. The van der Waals surface area contributed by atoms with Crippen molar-refractivity contribution in [3.63, 3.8) is 0 Å². The van der Waals surface area contributed by atoms with E-state index in [4.69, 9.17) is 0 Å². The number of thiophene rings is 1. The van der Waals surface area contributed by atoms with Crippen molar-refractivity contribution in [3.8, 4) is 0 Å². The van der Waals surface area contributed by atoms with Crippen LogP contribution in [0.3, 0.4) is 0 Å². The molecule has 0 fully saturated rings. The zero-order valence-electron chi connectivity index (χ0n) is 16.0. The second-order valence-electron chi connectivity index (χ2n) is 6.88. The minimum absolute atomic E-state index is 0.0468. The van der Waals surface area contributed by atoms with Crippen molar-refractivity contribution in [2.45, 2.75) is 30.7 Å². The van der Waals surface area contributed by atoms with Crippen LogP contribution in [0.2, 0.25) is 0 Å². The van der Waals surface area contributed by atoms with Gasteiger partial charge in [0.25, 0.3) is 15.9 Å². The van der Waals surface area contributed by atoms with E-state index in [0.29, 0.717) is 10.6 Å². The first-order valence-electron chi connectivity index (χ1n) is 9.56. The van der Waals surface area contributed by atoms with Crippen LogP contribution < -0.4 is 9.62 Å². The van der Waals surface area contributed by atoms with Crippen LogP contribution in [0.15, 0.2) is 70.9 Å². The van der Waals surface area contributed by atoms with E-state index in [1.807, 2.05) is 18.2 Å². The van der Waals surface area contributed by atoms with Crippen molar-refractivity contribution in [2.24, 2.45) is 0 Å². The standard InChI is InChI=1S/C22H22N2O3S2/c1-2-24(29(26,27)17-9-4-3-5-10-17)20-14-15-28-21(20)22(25)23-19-13-12-16-8-6-7-11-18(16)19/h3-11,14-15,19H,2,12-13H2,1H3,(H,23,25)/t19-/m0/s1. The minimum Gasteiger partial charge on any atom is -0.344 e. The fraction of sp³-hybridized carbons (Fsp3) is 0.227. The first-order chi connectivity index (χ1) is 14.0. The first kappa shape index (κ1) is 19.7. The van der Waals surface area contributed by atoms with Crippen molar-refractivity contribution in [1.29, 1.82) is 0 Å². The van der Waals surface area contributed by atoms with Crippen LogP contribution >= 0.6 is 11.3 Å². The fourth-order valence-corrected chi connectivity index (χ4v) is 6.15. The smallest absolute Gasteiger partial charge is 0.264 e. The maximum Gasteiger partial charge on any atom is 0.264 e. The Labute approximate surface area is 175 Å². The fourth-order valence-electron chi connectivity index (χ4n) is 3.79. The second kappa shape index (κ2) is 8.00. The largest absolute Gasteiger partial charge is 0.344 e. The average Bonchev–Trinajstić information content (AvgIpc) is 3.37. The highest BCUT2D eigenvalue weighted by molar-refractivity contribution is 7.92. The van der Waals surface area contributed by atoms with Crippen LogP contribution in [0, 0.1) is 0 Å². The summed E-state index contributed by atoms with van der Waals surface area (Å²) in [5.41, 5.74) is 2.82. The number of aryl methyl sites for hydroxylation is 1. The van der Waals surface area contributed by atoms with E-state index in [1.54, 1.807) is 48.7 Å². The number of anilines is 1. The molecule has 2 aromatic carbocycles. The zero-order valence-corrected chi connectivity index (χ0v) is 17.7. The van der Waals surface area contributed by atoms with Crippen molar-refractivity contribution in [1.82, 2.24) is 5.32 Å². The summed E-state index contributed by atoms with van der Waals surface area (Å²) in [5, 5.41) is 4.86. The van der Waals surface area contributed by atoms with Gasteiger partial charge >= 0.3 is 0 Å². The van der Waals surface area contributed by atoms with Crippen LogP contribution in [0.5, 0.6) is 0 Å². The molecule has 1 N–H and O–H groups in total. The van der Waals surface area contributed by atoms with Gasteiger partial charge in [0.2, 0.25) is 0 Å². The van der Waals surface area contributed by atoms with Gasteiger partial charge in [-0.3, -0.25) is 9.10 Å². The summed E-state index contributed by atoms with van der Waals surface area (Å²) < 4.78 is 27.6. The predicted octanol–water partition coefficient (Wildman–Crippen LogP) is 4.38. The minimum atomic E-state index is -3.75. The summed E-state index contributed by atoms with van der Waals surface area (Å²) in [6.07, 6.45) is 1.79. The van der Waals surface area contributed by atoms with Gasteiger partial charge in [-0.05, 0) is 54.5 Å². The van der Waals surface area contributed by atoms with Gasteiger partial charge in [-0.25, -0.2) is 8.42 Å². The molecule has 0 aliphatic heterocycles. The van der Waals surface area contributed by atoms with Gasteiger partial charge in [-0.1, -0.05) is 42.5 Å². The summed E-state index contributed by atoms with van der Waals surface area (Å²) in [4.78, 5) is 13.7. The summed E-state index contributed by atoms with van der Waals surface area (Å²) >= 11 is 1.26. The van der Waals surface area contributed by atoms with Gasteiger partial charge in [-0.15, -0.1) is 11.3 Å². The molecule has 0 saturated heterocycles. The third-order valence-electron chi connectivity index (χ3n) is 5.18. The van der Waals surface area contributed by atoms with E-state index in [0.717, 1.165) is 18.4 Å². The molecule has 4 rings (SSSR count). The Balaban J connectivity index is 1.62. The van der Waals surface area contributed by atoms with E-state index in [2.05, 4.69) is 11.4 Å². The molecular weight excluding hydrogens is 404 g/mol. The monoisotopic (exact) mass is 426 g/mol. The van der Waals surface area contributed by atoms with Crippen molar-refractivity contribution in [2.75, 3.05) is 10.8 Å². The Morgan fingerprint density at radius 1 is 1.10 bits per heavy atom. The van der Waals surface area contributed by atoms with Gasteiger partial charge in [0.1, 0.15) is 4.88 Å². The molecule has 5 nitrogen and oxygen atoms in total. The Morgan fingerprint density at radius 3 is 2.59 bits per heavy atom. The van der Waals surface area contributed by atoms with Crippen LogP contribution in [0.1, 0.15) is 40.2 Å². The number of rotatable bonds is 6. The van der Waals surface area contributed by atoms with E-state index in [-0.39, 0.29) is 23.4 Å². The van der Waals surface area contributed by atoms with Crippen LogP contribution in [-0.2, 0) is 16.4 Å². The maximum absolute atomic E-state index is 13.1. The van der Waals surface area contributed by atoms with E-state index >= 15 is 0 Å². The number of carbonyl (C=O) groups excluding carboxylic acids is 1. The SMILES string of the molecule is CCN(c1ccsc1C(=O)N[C@H]1CCc2ccccc21)S(=O)(=O)c1ccccc1. The number of sulfonamides is 1. The van der Waals surface area contributed by atoms with Crippen LogP contribution in [0.4, 0.5) is 5.69 Å². The third kappa shape index (κ3) is 3.68. The predicted molar refractivity (Wildman–Crippen MR) is 116 cm³/mol. The molecule has 1 amide bonds. The quantitative estimate of drug-likeness (QED) is 0.636. The molecule has 0 spiro atoms. The van der Waals surface area contributed by atoms with Gasteiger partial charge in [0.05, 0.1) is 16.6 Å². The summed E-state index contributed by atoms with van der Waals surface area (Å²) in [6, 6.07) is 18.1. The van der Waals surface area contributed by atoms with Crippen molar-refractivity contribution < 1.29 is 13.2 Å². The first-order valence-corrected chi connectivity index (χ1v) is 11.9. The molecule has 1 aromatic heterocycles. The molecule has 0 radical (unpaired) electrons. The lowest BCUT2D eigenvalue weighted by Crippen LogP contribution is -2.33. The normalized spacial score (nSPS) is 15.7. The molecule has 1 heterocycles. The number of amides is 1. The molecule has 29 heavy (non-hydrogen) atoms. The number of carbonyl (C=O) groups is 1. The summed E-state index contributed by atoms with van der Waals surface area (Å²) in [5.74, 6) is -0.238. The highest BCUT2D eigenvalue weighted by Crippen LogP contribution is 2.34. The number of hydrogen-bond acceptors (Lipinski definition) is 4. The van der Waals surface area contributed by atoms with Gasteiger partial charge < -0.3 is 5.32 Å². The summed E-state index contributed by atoms with van der Waals surface area (Å²) in [7, 11) is -3.75. The van der Waals surface area contributed by atoms with Gasteiger partial charge in [0.15, 0.2) is 0 Å². The molecule has 1 aliphatic carbocycles. The van der Waals surface area contributed by atoms with Crippen molar-refractivity contribution >= 4 is 33.0 Å². The van der Waals surface area contributed by atoms with Gasteiger partial charge in [-0.2, -0.15) is 0 Å². The number of fused-ring (bicyclic) bond motifs is 1. The Morgan fingerprint density at radius 2 is 1.83 bits per heavy atom. The average molecular weight is 427 g/mol. The highest BCUT2D eigenvalue weighted by atomic mass is 32.2. The number of nitrogens with one attached hydrogen (secondary N) is 1. The molecule has 0 saturated carbocycles. The highest BCUT2D eigenvalue weighted by Gasteiger charge is 2.30. The molecule has 1 aliphatic rings. The van der Waals surface area contributed by atoms with Crippen LogP contribution in [0.25, 0.3) is 0 Å². The zero-order chi connectivity index (χ0) is 20.4. The topological polar surface area (TPSA) is 66.5 Å². The van der Waals surface area contributed by atoms with E-state index in [1.165, 1.54) is 21.2 Å². The van der Waals surface area contributed by atoms with E-state index in [9.17, 15) is 13.2 Å². The molecule has 1 atom stereocenters. The second-order valence-corrected chi connectivity index (χ2v) is 9.66.